The van der Waals surface area contributed by atoms with Crippen LogP contribution in [0, 0.1) is 0 Å². The lowest BCUT2D eigenvalue weighted by Crippen LogP contribution is -2.43. The van der Waals surface area contributed by atoms with Gasteiger partial charge >= 0.3 is 0 Å². The lowest BCUT2D eigenvalue weighted by molar-refractivity contribution is -0.135. The van der Waals surface area contributed by atoms with Crippen LogP contribution in [-0.2, 0) is 9.53 Å². The predicted molar refractivity (Wildman–Crippen MR) is 91.0 cm³/mol. The molecule has 1 saturated heterocycles. The van der Waals surface area contributed by atoms with E-state index in [4.69, 9.17) is 9.15 Å². The Morgan fingerprint density at radius 2 is 2.17 bits per heavy atom. The van der Waals surface area contributed by atoms with E-state index in [1.165, 1.54) is 0 Å². The molecule has 24 heavy (non-hydrogen) atoms. The third-order valence-electron chi connectivity index (χ3n) is 4.31. The first-order valence-corrected chi connectivity index (χ1v) is 8.96. The molecular weight excluding hydrogens is 326 g/mol. The molecule has 6 nitrogen and oxygen atoms in total. The summed E-state index contributed by atoms with van der Waals surface area (Å²) < 4.78 is 10.9. The zero-order valence-electron chi connectivity index (χ0n) is 13.3. The van der Waals surface area contributed by atoms with Gasteiger partial charge in [0.05, 0.1) is 36.6 Å². The van der Waals surface area contributed by atoms with Gasteiger partial charge in [-0.1, -0.05) is 6.07 Å². The van der Waals surface area contributed by atoms with Crippen molar-refractivity contribution in [2.45, 2.75) is 12.5 Å². The number of ether oxygens (including phenoxy) is 1. The van der Waals surface area contributed by atoms with Gasteiger partial charge in [-0.05, 0) is 23.6 Å². The van der Waals surface area contributed by atoms with Gasteiger partial charge in [0, 0.05) is 19.5 Å². The average molecular weight is 345 g/mol. The van der Waals surface area contributed by atoms with Crippen molar-refractivity contribution >= 4 is 23.0 Å². The van der Waals surface area contributed by atoms with Crippen LogP contribution in [0.15, 0.2) is 45.4 Å². The molecule has 7 heteroatoms. The highest BCUT2D eigenvalue weighted by atomic mass is 32.1. The standard InChI is InChI=1S/C17H19N3O3S/c21-17(12-19-5-8-22-9-6-19)20-14(15-3-1-7-23-15)11-13(18-20)16-4-2-10-24-16/h1-4,7,10,14H,5-6,8-9,11-12H2. The smallest absolute Gasteiger partial charge is 0.257 e. The number of morpholine rings is 1. The molecule has 1 amide bonds. The largest absolute Gasteiger partial charge is 0.467 e. The van der Waals surface area contributed by atoms with Crippen LogP contribution in [0.1, 0.15) is 23.1 Å². The molecule has 2 aliphatic rings. The van der Waals surface area contributed by atoms with Gasteiger partial charge in [0.1, 0.15) is 11.8 Å². The molecule has 0 N–H and O–H groups in total. The molecule has 1 fully saturated rings. The van der Waals surface area contributed by atoms with E-state index >= 15 is 0 Å². The number of carbonyl (C=O) groups is 1. The van der Waals surface area contributed by atoms with Crippen LogP contribution in [0.2, 0.25) is 0 Å². The second-order valence-corrected chi connectivity index (χ2v) is 6.83. The van der Waals surface area contributed by atoms with Gasteiger partial charge in [-0.25, -0.2) is 5.01 Å². The fourth-order valence-corrected chi connectivity index (χ4v) is 3.78. The quantitative estimate of drug-likeness (QED) is 0.853. The van der Waals surface area contributed by atoms with E-state index in [1.807, 2.05) is 29.6 Å². The average Bonchev–Trinajstić information content (AvgIpc) is 3.35. The van der Waals surface area contributed by atoms with E-state index in [0.717, 1.165) is 29.4 Å². The predicted octanol–water partition coefficient (Wildman–Crippen LogP) is 2.35. The van der Waals surface area contributed by atoms with Crippen molar-refractivity contribution < 1.29 is 13.9 Å². The van der Waals surface area contributed by atoms with Crippen molar-refractivity contribution in [3.63, 3.8) is 0 Å². The number of hydrogen-bond donors (Lipinski definition) is 0. The number of hydrogen-bond acceptors (Lipinski definition) is 6. The van der Waals surface area contributed by atoms with Crippen molar-refractivity contribution in [3.05, 3.63) is 46.5 Å². The van der Waals surface area contributed by atoms with Crippen LogP contribution in [0.3, 0.4) is 0 Å². The van der Waals surface area contributed by atoms with Gasteiger partial charge in [-0.2, -0.15) is 5.10 Å². The Morgan fingerprint density at radius 3 is 2.88 bits per heavy atom. The second kappa shape index (κ2) is 6.88. The summed E-state index contributed by atoms with van der Waals surface area (Å²) in [5.74, 6) is 0.783. The summed E-state index contributed by atoms with van der Waals surface area (Å²) in [5.41, 5.74) is 0.946. The summed E-state index contributed by atoms with van der Waals surface area (Å²) in [4.78, 5) is 16.1. The number of furan rings is 1. The van der Waals surface area contributed by atoms with E-state index in [2.05, 4.69) is 10.0 Å². The fraction of sp³-hybridized carbons (Fsp3) is 0.412. The summed E-state index contributed by atoms with van der Waals surface area (Å²) >= 11 is 1.64. The normalized spacial score (nSPS) is 21.9. The van der Waals surface area contributed by atoms with Crippen molar-refractivity contribution in [3.8, 4) is 0 Å². The second-order valence-electron chi connectivity index (χ2n) is 5.89. The minimum atomic E-state index is -0.161. The zero-order chi connectivity index (χ0) is 16.4. The molecule has 0 spiro atoms. The minimum Gasteiger partial charge on any atom is -0.467 e. The number of amides is 1. The van der Waals surface area contributed by atoms with Gasteiger partial charge in [0.25, 0.3) is 5.91 Å². The fourth-order valence-electron chi connectivity index (χ4n) is 3.06. The minimum absolute atomic E-state index is 0.00450. The highest BCUT2D eigenvalue weighted by molar-refractivity contribution is 7.12. The van der Waals surface area contributed by atoms with Crippen LogP contribution in [0.25, 0.3) is 0 Å². The Kier molecular flexibility index (Phi) is 4.46. The van der Waals surface area contributed by atoms with Crippen molar-refractivity contribution in [1.82, 2.24) is 9.91 Å². The van der Waals surface area contributed by atoms with Crippen LogP contribution in [0.5, 0.6) is 0 Å². The third-order valence-corrected chi connectivity index (χ3v) is 5.22. The Labute approximate surface area is 144 Å². The van der Waals surface area contributed by atoms with Gasteiger partial charge in [-0.15, -0.1) is 11.3 Å². The maximum absolute atomic E-state index is 12.8. The molecule has 2 aromatic heterocycles. The zero-order valence-corrected chi connectivity index (χ0v) is 14.1. The Morgan fingerprint density at radius 1 is 1.29 bits per heavy atom. The van der Waals surface area contributed by atoms with E-state index in [0.29, 0.717) is 26.2 Å². The van der Waals surface area contributed by atoms with Crippen LogP contribution < -0.4 is 0 Å². The summed E-state index contributed by atoms with van der Waals surface area (Å²) in [5, 5.41) is 8.25. The van der Waals surface area contributed by atoms with Crippen LogP contribution >= 0.6 is 11.3 Å². The summed E-state index contributed by atoms with van der Waals surface area (Å²) in [6.45, 7) is 3.29. The lowest BCUT2D eigenvalue weighted by atomic mass is 10.1. The Balaban J connectivity index is 1.55. The van der Waals surface area contributed by atoms with Gasteiger partial charge in [-0.3, -0.25) is 9.69 Å². The molecule has 0 radical (unpaired) electrons. The maximum Gasteiger partial charge on any atom is 0.257 e. The summed E-state index contributed by atoms with van der Waals surface area (Å²) in [6, 6.07) is 7.64. The van der Waals surface area contributed by atoms with Gasteiger partial charge < -0.3 is 9.15 Å². The molecular formula is C17H19N3O3S. The number of thiophene rings is 1. The topological polar surface area (TPSA) is 58.3 Å². The highest BCUT2D eigenvalue weighted by Gasteiger charge is 2.35. The SMILES string of the molecule is O=C(CN1CCOCC1)N1N=C(c2cccs2)CC1c1ccco1. The Hall–Kier alpha value is -1.96. The monoisotopic (exact) mass is 345 g/mol. The van der Waals surface area contributed by atoms with Gasteiger partial charge in [0.2, 0.25) is 0 Å². The van der Waals surface area contributed by atoms with E-state index in [9.17, 15) is 4.79 Å². The molecule has 0 aromatic carbocycles. The molecule has 0 aliphatic carbocycles. The third kappa shape index (κ3) is 3.15. The summed E-state index contributed by atoms with van der Waals surface area (Å²) in [6.07, 6.45) is 2.33. The number of rotatable bonds is 4. The van der Waals surface area contributed by atoms with E-state index in [1.54, 1.807) is 22.6 Å². The van der Waals surface area contributed by atoms with E-state index in [-0.39, 0.29) is 11.9 Å². The molecule has 4 rings (SSSR count). The van der Waals surface area contributed by atoms with Crippen molar-refractivity contribution in [2.75, 3.05) is 32.8 Å². The molecule has 2 aliphatic heterocycles. The van der Waals surface area contributed by atoms with Crippen molar-refractivity contribution in [1.29, 1.82) is 0 Å². The maximum atomic E-state index is 12.8. The molecule has 4 heterocycles. The molecule has 1 atom stereocenters. The summed E-state index contributed by atoms with van der Waals surface area (Å²) in [7, 11) is 0. The molecule has 0 bridgehead atoms. The van der Waals surface area contributed by atoms with Crippen molar-refractivity contribution in [2.24, 2.45) is 5.10 Å². The highest BCUT2D eigenvalue weighted by Crippen LogP contribution is 2.34. The van der Waals surface area contributed by atoms with Gasteiger partial charge in [0.15, 0.2) is 0 Å². The molecule has 0 saturated carbocycles. The number of nitrogens with zero attached hydrogens (tertiary/aromatic N) is 3. The Bertz CT molecular complexity index is 706. The van der Waals surface area contributed by atoms with Crippen LogP contribution in [0.4, 0.5) is 0 Å². The molecule has 2 aromatic rings. The first kappa shape index (κ1) is 15.6. The van der Waals surface area contributed by atoms with Crippen LogP contribution in [-0.4, -0.2) is 54.4 Å². The lowest BCUT2D eigenvalue weighted by Gasteiger charge is -2.28. The molecule has 126 valence electrons. The first-order valence-electron chi connectivity index (χ1n) is 8.08. The first-order chi connectivity index (χ1) is 11.8. The van der Waals surface area contributed by atoms with E-state index < -0.39 is 0 Å². The number of carbonyl (C=O) groups excluding carboxylic acids is 1. The molecule has 1 unspecified atom stereocenters. The number of hydrazone groups is 1.